The summed E-state index contributed by atoms with van der Waals surface area (Å²) >= 11 is 0. The van der Waals surface area contributed by atoms with Crippen LogP contribution in [0.3, 0.4) is 0 Å². The number of rotatable bonds is 5. The predicted molar refractivity (Wildman–Crippen MR) is 78.5 cm³/mol. The number of nitrogens with two attached hydrogens (primary N) is 1. The molecule has 0 aliphatic heterocycles. The summed E-state index contributed by atoms with van der Waals surface area (Å²) in [5.74, 6) is 0.0106. The Labute approximate surface area is 123 Å². The Bertz CT molecular complexity index is 501. The minimum atomic E-state index is -0.577. The van der Waals surface area contributed by atoms with E-state index in [4.69, 9.17) is 5.73 Å². The van der Waals surface area contributed by atoms with Crippen LogP contribution in [0.2, 0.25) is 0 Å². The molecule has 2 rings (SSSR count). The zero-order chi connectivity index (χ0) is 15.2. The van der Waals surface area contributed by atoms with Crippen molar-refractivity contribution in [1.82, 2.24) is 10.6 Å². The van der Waals surface area contributed by atoms with Crippen LogP contribution in [0.4, 0.5) is 4.79 Å². The monoisotopic (exact) mass is 291 g/mol. The summed E-state index contributed by atoms with van der Waals surface area (Å²) in [6, 6.07) is 6.38. The van der Waals surface area contributed by atoms with Crippen molar-refractivity contribution < 1.29 is 14.7 Å². The SMILES string of the molecule is NC(=O)NCc1ccc(C(=O)NCC2CCCC2O)cc1. The van der Waals surface area contributed by atoms with Gasteiger partial charge in [0.1, 0.15) is 0 Å². The zero-order valence-corrected chi connectivity index (χ0v) is 11.8. The fourth-order valence-corrected chi connectivity index (χ4v) is 2.54. The highest BCUT2D eigenvalue weighted by Gasteiger charge is 2.25. The fraction of sp³-hybridized carbons (Fsp3) is 0.467. The number of benzene rings is 1. The third kappa shape index (κ3) is 4.46. The molecule has 1 aliphatic rings. The summed E-state index contributed by atoms with van der Waals surface area (Å²) in [6.45, 7) is 0.844. The molecule has 0 bridgehead atoms. The number of hydrogen-bond acceptors (Lipinski definition) is 3. The van der Waals surface area contributed by atoms with Gasteiger partial charge in [0, 0.05) is 24.6 Å². The fourth-order valence-electron chi connectivity index (χ4n) is 2.54. The normalized spacial score (nSPS) is 21.0. The van der Waals surface area contributed by atoms with Crippen LogP contribution in [0.25, 0.3) is 0 Å². The summed E-state index contributed by atoms with van der Waals surface area (Å²) in [6.07, 6.45) is 2.50. The number of primary amides is 1. The summed E-state index contributed by atoms with van der Waals surface area (Å²) in [5, 5.41) is 15.1. The molecule has 6 heteroatoms. The zero-order valence-electron chi connectivity index (χ0n) is 11.8. The highest BCUT2D eigenvalue weighted by atomic mass is 16.3. The maximum absolute atomic E-state index is 12.0. The highest BCUT2D eigenvalue weighted by molar-refractivity contribution is 5.94. The number of urea groups is 1. The lowest BCUT2D eigenvalue weighted by Crippen LogP contribution is -2.32. The van der Waals surface area contributed by atoms with Gasteiger partial charge in [0.25, 0.3) is 5.91 Å². The lowest BCUT2D eigenvalue weighted by molar-refractivity contribution is 0.0916. The number of carbonyl (C=O) groups is 2. The van der Waals surface area contributed by atoms with Crippen LogP contribution in [-0.2, 0) is 6.54 Å². The van der Waals surface area contributed by atoms with Crippen molar-refractivity contribution in [3.8, 4) is 0 Å². The summed E-state index contributed by atoms with van der Waals surface area (Å²) in [4.78, 5) is 22.6. The van der Waals surface area contributed by atoms with Crippen LogP contribution in [0.1, 0.15) is 35.2 Å². The molecule has 0 radical (unpaired) electrons. The van der Waals surface area contributed by atoms with Gasteiger partial charge in [0.15, 0.2) is 0 Å². The van der Waals surface area contributed by atoms with E-state index >= 15 is 0 Å². The topological polar surface area (TPSA) is 104 Å². The first-order valence-electron chi connectivity index (χ1n) is 7.15. The minimum absolute atomic E-state index is 0.150. The van der Waals surface area contributed by atoms with Crippen molar-refractivity contribution in [1.29, 1.82) is 0 Å². The number of nitrogens with one attached hydrogen (secondary N) is 2. The molecule has 0 saturated heterocycles. The molecule has 1 saturated carbocycles. The van der Waals surface area contributed by atoms with Crippen molar-refractivity contribution in [3.05, 3.63) is 35.4 Å². The van der Waals surface area contributed by atoms with Crippen LogP contribution < -0.4 is 16.4 Å². The van der Waals surface area contributed by atoms with Gasteiger partial charge in [-0.1, -0.05) is 18.6 Å². The first-order chi connectivity index (χ1) is 10.1. The van der Waals surface area contributed by atoms with Crippen molar-refractivity contribution >= 4 is 11.9 Å². The van der Waals surface area contributed by atoms with Gasteiger partial charge in [-0.05, 0) is 30.5 Å². The molecule has 1 aliphatic carbocycles. The molecule has 1 aromatic rings. The lowest BCUT2D eigenvalue weighted by Gasteiger charge is -2.15. The molecule has 5 N–H and O–H groups in total. The van der Waals surface area contributed by atoms with Crippen LogP contribution in [0, 0.1) is 5.92 Å². The van der Waals surface area contributed by atoms with Crippen molar-refractivity contribution in [3.63, 3.8) is 0 Å². The Kier molecular flexibility index (Phi) is 5.16. The van der Waals surface area contributed by atoms with Gasteiger partial charge in [-0.25, -0.2) is 4.79 Å². The summed E-state index contributed by atoms with van der Waals surface area (Å²) < 4.78 is 0. The van der Waals surface area contributed by atoms with Gasteiger partial charge < -0.3 is 21.5 Å². The molecule has 3 amide bonds. The van der Waals surface area contributed by atoms with E-state index in [1.54, 1.807) is 24.3 Å². The number of carbonyl (C=O) groups excluding carboxylic acids is 2. The standard InChI is InChI=1S/C15H21N3O3/c16-15(21)18-8-10-4-6-11(7-5-10)14(20)17-9-12-2-1-3-13(12)19/h4-7,12-13,19H,1-3,8-9H2,(H,17,20)(H3,16,18,21). The van der Waals surface area contributed by atoms with Gasteiger partial charge >= 0.3 is 6.03 Å². The van der Waals surface area contributed by atoms with Crippen molar-refractivity contribution in [2.75, 3.05) is 6.54 Å². The van der Waals surface area contributed by atoms with Gasteiger partial charge in [0.2, 0.25) is 0 Å². The number of aliphatic hydroxyl groups excluding tert-OH is 1. The van der Waals surface area contributed by atoms with E-state index < -0.39 is 6.03 Å². The molecule has 0 spiro atoms. The molecule has 0 aromatic heterocycles. The van der Waals surface area contributed by atoms with Gasteiger partial charge in [-0.3, -0.25) is 4.79 Å². The second kappa shape index (κ2) is 7.08. The number of aliphatic hydroxyl groups is 1. The predicted octanol–water partition coefficient (Wildman–Crippen LogP) is 0.746. The van der Waals surface area contributed by atoms with Gasteiger partial charge in [0.05, 0.1) is 6.10 Å². The van der Waals surface area contributed by atoms with Crippen LogP contribution in [0.5, 0.6) is 0 Å². The van der Waals surface area contributed by atoms with Crippen molar-refractivity contribution in [2.45, 2.75) is 31.9 Å². The minimum Gasteiger partial charge on any atom is -0.393 e. The number of amides is 3. The Morgan fingerprint density at radius 2 is 1.90 bits per heavy atom. The molecule has 0 heterocycles. The number of hydrogen-bond donors (Lipinski definition) is 4. The van der Waals surface area contributed by atoms with E-state index in [2.05, 4.69) is 10.6 Å². The molecule has 1 fully saturated rings. The van der Waals surface area contributed by atoms with E-state index in [-0.39, 0.29) is 17.9 Å². The third-order valence-electron chi connectivity index (χ3n) is 3.83. The lowest BCUT2D eigenvalue weighted by atomic mass is 10.1. The van der Waals surface area contributed by atoms with Gasteiger partial charge in [-0.15, -0.1) is 0 Å². The first kappa shape index (κ1) is 15.3. The van der Waals surface area contributed by atoms with E-state index in [9.17, 15) is 14.7 Å². The highest BCUT2D eigenvalue weighted by Crippen LogP contribution is 2.24. The van der Waals surface area contributed by atoms with E-state index in [1.165, 1.54) is 0 Å². The van der Waals surface area contributed by atoms with Crippen LogP contribution >= 0.6 is 0 Å². The molecule has 114 valence electrons. The van der Waals surface area contributed by atoms with Crippen molar-refractivity contribution in [2.24, 2.45) is 11.7 Å². The Balaban J connectivity index is 1.83. The third-order valence-corrected chi connectivity index (χ3v) is 3.83. The maximum Gasteiger partial charge on any atom is 0.312 e. The second-order valence-electron chi connectivity index (χ2n) is 5.38. The van der Waals surface area contributed by atoms with Crippen LogP contribution in [-0.4, -0.2) is 29.7 Å². The Morgan fingerprint density at radius 3 is 2.48 bits per heavy atom. The molecule has 2 unspecified atom stereocenters. The molecular weight excluding hydrogens is 270 g/mol. The smallest absolute Gasteiger partial charge is 0.312 e. The average molecular weight is 291 g/mol. The Morgan fingerprint density at radius 1 is 1.19 bits per heavy atom. The molecule has 2 atom stereocenters. The summed E-state index contributed by atoms with van der Waals surface area (Å²) in [7, 11) is 0. The summed E-state index contributed by atoms with van der Waals surface area (Å²) in [5.41, 5.74) is 6.43. The average Bonchev–Trinajstić information content (AvgIpc) is 2.88. The van der Waals surface area contributed by atoms with E-state index in [0.717, 1.165) is 24.8 Å². The Hall–Kier alpha value is -2.08. The second-order valence-corrected chi connectivity index (χ2v) is 5.38. The van der Waals surface area contributed by atoms with Gasteiger partial charge in [-0.2, -0.15) is 0 Å². The quantitative estimate of drug-likeness (QED) is 0.643. The first-order valence-corrected chi connectivity index (χ1v) is 7.15. The largest absolute Gasteiger partial charge is 0.393 e. The maximum atomic E-state index is 12.0. The molecule has 21 heavy (non-hydrogen) atoms. The van der Waals surface area contributed by atoms with E-state index in [1.807, 2.05) is 0 Å². The molecule has 1 aromatic carbocycles. The molecular formula is C15H21N3O3. The van der Waals surface area contributed by atoms with Crippen LogP contribution in [0.15, 0.2) is 24.3 Å². The molecule has 6 nitrogen and oxygen atoms in total. The van der Waals surface area contributed by atoms with E-state index in [0.29, 0.717) is 18.7 Å².